The molecule has 3 N–H and O–H groups in total. The third kappa shape index (κ3) is 4.67. The molecule has 1 aromatic rings. The number of carbonyl (C=O) groups excluding carboxylic acids is 1. The van der Waals surface area contributed by atoms with Gasteiger partial charge in [0.25, 0.3) is 5.91 Å². The number of nitrogens with two attached hydrogens (primary N) is 1. The molecule has 1 aromatic carbocycles. The number of nitrogens with one attached hydrogen (secondary N) is 1. The monoisotopic (exact) mass is 262 g/mol. The van der Waals surface area contributed by atoms with Gasteiger partial charge in [-0.1, -0.05) is 31.0 Å². The summed E-state index contributed by atoms with van der Waals surface area (Å²) in [7, 11) is 0. The molecule has 0 aliphatic rings. The number of hydrogen-bond acceptors (Lipinski definition) is 2. The van der Waals surface area contributed by atoms with Crippen LogP contribution in [0.4, 0.5) is 0 Å². The zero-order valence-electron chi connectivity index (χ0n) is 12.7. The molecule has 1 amide bonds. The molecule has 0 spiro atoms. The molecule has 0 fully saturated rings. The molecule has 0 saturated carbocycles. The van der Waals surface area contributed by atoms with Crippen molar-refractivity contribution in [3.8, 4) is 0 Å². The number of amides is 1. The van der Waals surface area contributed by atoms with E-state index in [-0.39, 0.29) is 11.4 Å². The van der Waals surface area contributed by atoms with E-state index in [4.69, 9.17) is 5.73 Å². The molecule has 3 nitrogen and oxygen atoms in total. The summed E-state index contributed by atoms with van der Waals surface area (Å²) in [6.45, 7) is 10.7. The molecule has 19 heavy (non-hydrogen) atoms. The molecule has 0 aliphatic carbocycles. The van der Waals surface area contributed by atoms with Gasteiger partial charge in [0.15, 0.2) is 0 Å². The van der Waals surface area contributed by atoms with E-state index in [0.717, 1.165) is 17.5 Å². The summed E-state index contributed by atoms with van der Waals surface area (Å²) in [4.78, 5) is 12.3. The van der Waals surface area contributed by atoms with Crippen molar-refractivity contribution in [3.63, 3.8) is 0 Å². The Bertz CT molecular complexity index is 434. The summed E-state index contributed by atoms with van der Waals surface area (Å²) in [6.07, 6.45) is 0.875. The minimum Gasteiger partial charge on any atom is -0.346 e. The van der Waals surface area contributed by atoms with Crippen molar-refractivity contribution in [3.05, 3.63) is 34.9 Å². The first-order valence-electron chi connectivity index (χ1n) is 6.86. The molecule has 0 heterocycles. The number of aryl methyl sites for hydroxylation is 2. The second-order valence-electron chi connectivity index (χ2n) is 6.19. The Morgan fingerprint density at radius 2 is 1.79 bits per heavy atom. The van der Waals surface area contributed by atoms with Crippen LogP contribution in [0.5, 0.6) is 0 Å². The number of rotatable bonds is 5. The van der Waals surface area contributed by atoms with Crippen molar-refractivity contribution in [1.82, 2.24) is 5.32 Å². The normalized spacial score (nSPS) is 14.3. The fraction of sp³-hybridized carbons (Fsp3) is 0.562. The lowest BCUT2D eigenvalue weighted by Crippen LogP contribution is -2.52. The van der Waals surface area contributed by atoms with Crippen LogP contribution in [-0.4, -0.2) is 18.0 Å². The van der Waals surface area contributed by atoms with E-state index in [9.17, 15) is 4.79 Å². The van der Waals surface area contributed by atoms with E-state index in [0.29, 0.717) is 18.0 Å². The van der Waals surface area contributed by atoms with Crippen LogP contribution >= 0.6 is 0 Å². The molecule has 1 atom stereocenters. The van der Waals surface area contributed by atoms with Crippen molar-refractivity contribution < 1.29 is 4.79 Å². The Morgan fingerprint density at radius 1 is 1.26 bits per heavy atom. The maximum atomic E-state index is 12.3. The number of benzene rings is 1. The number of carbonyl (C=O) groups is 1. The lowest BCUT2D eigenvalue weighted by Gasteiger charge is -2.31. The van der Waals surface area contributed by atoms with E-state index < -0.39 is 0 Å². The summed E-state index contributed by atoms with van der Waals surface area (Å²) in [5, 5.41) is 3.08. The highest BCUT2D eigenvalue weighted by molar-refractivity contribution is 5.95. The van der Waals surface area contributed by atoms with Gasteiger partial charge in [-0.3, -0.25) is 4.79 Å². The molecule has 0 bridgehead atoms. The SMILES string of the molecule is Cc1cc(C)cc(C(=O)NC(C)(CN)CC(C)C)c1. The van der Waals surface area contributed by atoms with Gasteiger partial charge in [-0.25, -0.2) is 0 Å². The van der Waals surface area contributed by atoms with Crippen molar-refractivity contribution >= 4 is 5.91 Å². The lowest BCUT2D eigenvalue weighted by molar-refractivity contribution is 0.0898. The van der Waals surface area contributed by atoms with Crippen LogP contribution in [0.1, 0.15) is 48.7 Å². The summed E-state index contributed by atoms with van der Waals surface area (Å²) < 4.78 is 0. The minimum atomic E-state index is -0.344. The van der Waals surface area contributed by atoms with Crippen molar-refractivity contribution in [2.45, 2.75) is 46.6 Å². The van der Waals surface area contributed by atoms with E-state index in [1.165, 1.54) is 0 Å². The van der Waals surface area contributed by atoms with Gasteiger partial charge in [0, 0.05) is 17.6 Å². The first-order valence-corrected chi connectivity index (χ1v) is 6.86. The van der Waals surface area contributed by atoms with Gasteiger partial charge in [-0.2, -0.15) is 0 Å². The summed E-state index contributed by atoms with van der Waals surface area (Å²) in [5.74, 6) is 0.452. The summed E-state index contributed by atoms with van der Waals surface area (Å²) >= 11 is 0. The molecular weight excluding hydrogens is 236 g/mol. The Kier molecular flexibility index (Phi) is 5.12. The third-order valence-electron chi connectivity index (χ3n) is 3.21. The maximum Gasteiger partial charge on any atom is 0.251 e. The second kappa shape index (κ2) is 6.20. The predicted octanol–water partition coefficient (Wildman–Crippen LogP) is 2.80. The van der Waals surface area contributed by atoms with Crippen molar-refractivity contribution in [1.29, 1.82) is 0 Å². The van der Waals surface area contributed by atoms with E-state index in [2.05, 4.69) is 25.2 Å². The van der Waals surface area contributed by atoms with Gasteiger partial charge in [-0.15, -0.1) is 0 Å². The van der Waals surface area contributed by atoms with Gasteiger partial charge in [0.2, 0.25) is 0 Å². The van der Waals surface area contributed by atoms with E-state index >= 15 is 0 Å². The molecule has 106 valence electrons. The fourth-order valence-corrected chi connectivity index (χ4v) is 2.54. The molecule has 1 rings (SSSR count). The second-order valence-corrected chi connectivity index (χ2v) is 6.19. The molecule has 1 unspecified atom stereocenters. The maximum absolute atomic E-state index is 12.3. The van der Waals surface area contributed by atoms with Crippen LogP contribution in [0.25, 0.3) is 0 Å². The minimum absolute atomic E-state index is 0.0413. The first kappa shape index (κ1) is 15.7. The topological polar surface area (TPSA) is 55.1 Å². The molecule has 0 radical (unpaired) electrons. The Hall–Kier alpha value is -1.35. The van der Waals surface area contributed by atoms with E-state index in [1.54, 1.807) is 0 Å². The quantitative estimate of drug-likeness (QED) is 0.857. The lowest BCUT2D eigenvalue weighted by atomic mass is 9.90. The zero-order chi connectivity index (χ0) is 14.6. The Balaban J connectivity index is 2.88. The largest absolute Gasteiger partial charge is 0.346 e. The number of hydrogen-bond donors (Lipinski definition) is 2. The highest BCUT2D eigenvalue weighted by atomic mass is 16.1. The van der Waals surface area contributed by atoms with Crippen LogP contribution in [0.15, 0.2) is 18.2 Å². The van der Waals surface area contributed by atoms with Crippen LogP contribution in [0, 0.1) is 19.8 Å². The molecule has 0 saturated heterocycles. The van der Waals surface area contributed by atoms with Crippen molar-refractivity contribution in [2.75, 3.05) is 6.54 Å². The van der Waals surface area contributed by atoms with Gasteiger partial charge in [0.1, 0.15) is 0 Å². The van der Waals surface area contributed by atoms with E-state index in [1.807, 2.05) is 32.9 Å². The summed E-state index contributed by atoms with van der Waals surface area (Å²) in [5.41, 5.74) is 8.39. The van der Waals surface area contributed by atoms with Gasteiger partial charge in [0.05, 0.1) is 0 Å². The smallest absolute Gasteiger partial charge is 0.251 e. The van der Waals surface area contributed by atoms with Crippen LogP contribution < -0.4 is 11.1 Å². The molecule has 0 aromatic heterocycles. The molecule has 3 heteroatoms. The summed E-state index contributed by atoms with van der Waals surface area (Å²) in [6, 6.07) is 5.89. The van der Waals surface area contributed by atoms with Crippen molar-refractivity contribution in [2.24, 2.45) is 11.7 Å². The van der Waals surface area contributed by atoms with Crippen LogP contribution in [0.3, 0.4) is 0 Å². The highest BCUT2D eigenvalue weighted by Gasteiger charge is 2.26. The Labute approximate surface area is 116 Å². The highest BCUT2D eigenvalue weighted by Crippen LogP contribution is 2.17. The predicted molar refractivity (Wildman–Crippen MR) is 80.3 cm³/mol. The third-order valence-corrected chi connectivity index (χ3v) is 3.21. The fourth-order valence-electron chi connectivity index (χ4n) is 2.54. The van der Waals surface area contributed by atoms with Crippen LogP contribution in [0.2, 0.25) is 0 Å². The molecule has 0 aliphatic heterocycles. The zero-order valence-corrected chi connectivity index (χ0v) is 12.7. The first-order chi connectivity index (χ1) is 8.75. The standard InChI is InChI=1S/C16H26N2O/c1-11(2)9-16(5,10-17)18-15(19)14-7-12(3)6-13(4)8-14/h6-8,11H,9-10,17H2,1-5H3,(H,18,19). The van der Waals surface area contributed by atoms with Gasteiger partial charge < -0.3 is 11.1 Å². The Morgan fingerprint density at radius 3 is 2.21 bits per heavy atom. The molecular formula is C16H26N2O. The average Bonchev–Trinajstić information content (AvgIpc) is 2.26. The van der Waals surface area contributed by atoms with Crippen LogP contribution in [-0.2, 0) is 0 Å². The average molecular weight is 262 g/mol. The van der Waals surface area contributed by atoms with Gasteiger partial charge >= 0.3 is 0 Å². The van der Waals surface area contributed by atoms with Gasteiger partial charge in [-0.05, 0) is 45.2 Å².